The molecule has 3 N–H and O–H groups in total. The lowest BCUT2D eigenvalue weighted by atomic mass is 10.3. The molecule has 0 heterocycles. The van der Waals surface area contributed by atoms with Gasteiger partial charge in [-0.1, -0.05) is 0 Å². The van der Waals surface area contributed by atoms with E-state index in [0.29, 0.717) is 0 Å². The van der Waals surface area contributed by atoms with E-state index < -0.39 is 12.0 Å². The highest BCUT2D eigenvalue weighted by Crippen LogP contribution is 1.80. The molecular formula is C5H8N2O4. The maximum absolute atomic E-state index is 10.5. The second kappa shape index (κ2) is 4.26. The molecule has 0 spiro atoms. The number of nitrogens with two attached hydrogens (primary N) is 1. The van der Waals surface area contributed by atoms with Crippen LogP contribution in [0.25, 0.3) is 0 Å². The van der Waals surface area contributed by atoms with Gasteiger partial charge in [-0.15, -0.1) is 0 Å². The maximum Gasteiger partial charge on any atom is 0.428 e. The second-order valence-corrected chi connectivity index (χ2v) is 1.83. The van der Waals surface area contributed by atoms with Crippen LogP contribution in [0, 0.1) is 0 Å². The van der Waals surface area contributed by atoms with Crippen LogP contribution in [0.5, 0.6) is 0 Å². The topological polar surface area (TPSA) is 98.5 Å². The van der Waals surface area contributed by atoms with Gasteiger partial charge in [-0.3, -0.25) is 9.59 Å². The van der Waals surface area contributed by atoms with Crippen molar-refractivity contribution in [2.75, 3.05) is 0 Å². The zero-order valence-electron chi connectivity index (χ0n) is 5.92. The van der Waals surface area contributed by atoms with Crippen LogP contribution in [0.3, 0.4) is 0 Å². The number of nitrogens with one attached hydrogen (secondary N) is 1. The van der Waals surface area contributed by atoms with Crippen molar-refractivity contribution in [3.05, 3.63) is 0 Å². The molecule has 6 heteroatoms. The van der Waals surface area contributed by atoms with Gasteiger partial charge in [-0.25, -0.2) is 4.79 Å². The predicted molar refractivity (Wildman–Crippen MR) is 34.1 cm³/mol. The van der Waals surface area contributed by atoms with Crippen molar-refractivity contribution in [1.29, 1.82) is 0 Å². The van der Waals surface area contributed by atoms with Gasteiger partial charge in [-0.2, -0.15) is 5.48 Å². The first-order valence-corrected chi connectivity index (χ1v) is 2.77. The van der Waals surface area contributed by atoms with Gasteiger partial charge >= 0.3 is 6.09 Å². The van der Waals surface area contributed by atoms with Gasteiger partial charge in [-0.05, 0) is 6.92 Å². The number of ketones is 1. The van der Waals surface area contributed by atoms with Crippen molar-refractivity contribution in [3.8, 4) is 0 Å². The normalized spacial score (nSPS) is 8.45. The highest BCUT2D eigenvalue weighted by molar-refractivity contribution is 5.96. The van der Waals surface area contributed by atoms with Crippen LogP contribution in [0.1, 0.15) is 13.3 Å². The molecular weight excluding hydrogens is 152 g/mol. The Bertz CT molecular complexity index is 189. The summed E-state index contributed by atoms with van der Waals surface area (Å²) >= 11 is 0. The predicted octanol–water partition coefficient (Wildman–Crippen LogP) is -0.908. The van der Waals surface area contributed by atoms with Crippen LogP contribution >= 0.6 is 0 Å². The first-order valence-electron chi connectivity index (χ1n) is 2.77. The van der Waals surface area contributed by atoms with E-state index in [-0.39, 0.29) is 12.2 Å². The Balaban J connectivity index is 3.53. The molecule has 62 valence electrons. The molecule has 0 aromatic carbocycles. The lowest BCUT2D eigenvalue weighted by Crippen LogP contribution is -2.30. The Labute approximate surface area is 62.6 Å². The average molecular weight is 160 g/mol. The van der Waals surface area contributed by atoms with Crippen LogP contribution in [0.2, 0.25) is 0 Å². The SMILES string of the molecule is CC(=O)CC(=O)NOC(N)=O. The van der Waals surface area contributed by atoms with E-state index in [9.17, 15) is 14.4 Å². The standard InChI is InChI=1S/C5H8N2O4/c1-3(8)2-4(9)7-11-5(6)10/h2H2,1H3,(H2,6,10)(H,7,9). The Hall–Kier alpha value is -1.59. The first kappa shape index (κ1) is 9.41. The third kappa shape index (κ3) is 6.29. The minimum atomic E-state index is -1.12. The molecule has 0 unspecified atom stereocenters. The van der Waals surface area contributed by atoms with Gasteiger partial charge in [0.1, 0.15) is 5.78 Å². The molecule has 0 atom stereocenters. The van der Waals surface area contributed by atoms with E-state index >= 15 is 0 Å². The summed E-state index contributed by atoms with van der Waals surface area (Å²) in [6, 6.07) is 0. The van der Waals surface area contributed by atoms with E-state index in [1.165, 1.54) is 6.92 Å². The number of hydrogen-bond acceptors (Lipinski definition) is 4. The maximum atomic E-state index is 10.5. The lowest BCUT2D eigenvalue weighted by Gasteiger charge is -1.99. The number of carbonyl (C=O) groups excluding carboxylic acids is 3. The van der Waals surface area contributed by atoms with Gasteiger partial charge in [0.15, 0.2) is 0 Å². The summed E-state index contributed by atoms with van der Waals surface area (Å²) in [6.45, 7) is 1.24. The van der Waals surface area contributed by atoms with Crippen LogP contribution < -0.4 is 11.2 Å². The fourth-order valence-electron chi connectivity index (χ4n) is 0.369. The summed E-state index contributed by atoms with van der Waals surface area (Å²) in [4.78, 5) is 34.5. The summed E-state index contributed by atoms with van der Waals surface area (Å²) in [5.74, 6) is -1.02. The van der Waals surface area contributed by atoms with E-state index in [1.54, 1.807) is 5.48 Å². The highest BCUT2D eigenvalue weighted by atomic mass is 16.7. The number of Topliss-reactive ketones (excluding diaryl/α,β-unsaturated/α-hetero) is 1. The molecule has 0 rings (SSSR count). The molecule has 0 aliphatic heterocycles. The zero-order chi connectivity index (χ0) is 8.85. The minimum absolute atomic E-state index is 0.324. The fraction of sp³-hybridized carbons (Fsp3) is 0.400. The molecule has 2 amide bonds. The molecule has 0 saturated heterocycles. The number of amides is 2. The van der Waals surface area contributed by atoms with Crippen molar-refractivity contribution < 1.29 is 19.2 Å². The molecule has 0 bridgehead atoms. The molecule has 0 fully saturated rings. The minimum Gasteiger partial charge on any atom is -0.333 e. The van der Waals surface area contributed by atoms with E-state index in [2.05, 4.69) is 10.6 Å². The van der Waals surface area contributed by atoms with Crippen molar-refractivity contribution in [3.63, 3.8) is 0 Å². The number of carbonyl (C=O) groups is 3. The number of hydrogen-bond donors (Lipinski definition) is 2. The van der Waals surface area contributed by atoms with Gasteiger partial charge in [0.2, 0.25) is 0 Å². The van der Waals surface area contributed by atoms with E-state index in [0.717, 1.165) is 0 Å². The highest BCUT2D eigenvalue weighted by Gasteiger charge is 2.05. The van der Waals surface area contributed by atoms with E-state index in [4.69, 9.17) is 0 Å². The molecule has 0 radical (unpaired) electrons. The average Bonchev–Trinajstić information content (AvgIpc) is 1.82. The van der Waals surface area contributed by atoms with Gasteiger partial charge in [0.05, 0.1) is 6.42 Å². The van der Waals surface area contributed by atoms with Crippen LogP contribution in [0.15, 0.2) is 0 Å². The third-order valence-corrected chi connectivity index (χ3v) is 0.675. The largest absolute Gasteiger partial charge is 0.428 e. The van der Waals surface area contributed by atoms with Gasteiger partial charge in [0, 0.05) is 0 Å². The first-order chi connectivity index (χ1) is 5.02. The quantitative estimate of drug-likeness (QED) is 0.403. The molecule has 6 nitrogen and oxygen atoms in total. The smallest absolute Gasteiger partial charge is 0.333 e. The van der Waals surface area contributed by atoms with Crippen molar-refractivity contribution in [2.24, 2.45) is 5.73 Å². The molecule has 0 aromatic rings. The summed E-state index contributed by atoms with van der Waals surface area (Å²) < 4.78 is 0. The number of hydroxylamine groups is 1. The lowest BCUT2D eigenvalue weighted by molar-refractivity contribution is -0.133. The number of rotatable bonds is 2. The van der Waals surface area contributed by atoms with Crippen molar-refractivity contribution >= 4 is 17.8 Å². The molecule has 0 aliphatic carbocycles. The molecule has 0 saturated carbocycles. The Morgan fingerprint density at radius 3 is 2.36 bits per heavy atom. The van der Waals surface area contributed by atoms with E-state index in [1.807, 2.05) is 0 Å². The van der Waals surface area contributed by atoms with Crippen molar-refractivity contribution in [2.45, 2.75) is 13.3 Å². The Morgan fingerprint density at radius 2 is 2.00 bits per heavy atom. The summed E-state index contributed by atoms with van der Waals surface area (Å²) in [7, 11) is 0. The second-order valence-electron chi connectivity index (χ2n) is 1.83. The Morgan fingerprint density at radius 1 is 1.45 bits per heavy atom. The summed E-state index contributed by atoms with van der Waals surface area (Å²) in [6.07, 6.45) is -1.45. The molecule has 0 aromatic heterocycles. The number of primary amides is 1. The van der Waals surface area contributed by atoms with Crippen LogP contribution in [-0.4, -0.2) is 17.8 Å². The van der Waals surface area contributed by atoms with Crippen LogP contribution in [0.4, 0.5) is 4.79 Å². The Kier molecular flexibility index (Phi) is 3.65. The van der Waals surface area contributed by atoms with Gasteiger partial charge in [0.25, 0.3) is 5.91 Å². The summed E-state index contributed by atoms with van der Waals surface area (Å²) in [5, 5.41) is 0. The van der Waals surface area contributed by atoms with Crippen molar-refractivity contribution in [1.82, 2.24) is 5.48 Å². The summed E-state index contributed by atoms with van der Waals surface area (Å²) in [5.41, 5.74) is 6.19. The molecule has 0 aliphatic rings. The third-order valence-electron chi connectivity index (χ3n) is 0.675. The van der Waals surface area contributed by atoms with Crippen LogP contribution in [-0.2, 0) is 14.4 Å². The van der Waals surface area contributed by atoms with Gasteiger partial charge < -0.3 is 10.6 Å². The zero-order valence-corrected chi connectivity index (χ0v) is 5.92. The molecule has 11 heavy (non-hydrogen) atoms. The fourth-order valence-corrected chi connectivity index (χ4v) is 0.369. The monoisotopic (exact) mass is 160 g/mol.